The molecule has 0 saturated heterocycles. The van der Waals surface area contributed by atoms with E-state index in [9.17, 15) is 5.11 Å². The monoisotopic (exact) mass is 261 g/mol. The normalized spacial score (nSPS) is 29.1. The zero-order valence-electron chi connectivity index (χ0n) is 12.0. The predicted octanol–water partition coefficient (Wildman–Crippen LogP) is 3.14. The molecule has 2 nitrogen and oxygen atoms in total. The lowest BCUT2D eigenvalue weighted by Gasteiger charge is -2.43. The van der Waals surface area contributed by atoms with Gasteiger partial charge in [0, 0.05) is 12.0 Å². The number of hydrogen-bond donors (Lipinski definition) is 2. The van der Waals surface area contributed by atoms with Crippen LogP contribution in [0.15, 0.2) is 30.3 Å². The van der Waals surface area contributed by atoms with E-state index in [0.717, 1.165) is 25.7 Å². The molecule has 1 aromatic carbocycles. The fourth-order valence-corrected chi connectivity index (χ4v) is 3.58. The number of aliphatic hydroxyl groups is 1. The van der Waals surface area contributed by atoms with Gasteiger partial charge in [0.05, 0.1) is 6.10 Å². The smallest absolute Gasteiger partial charge is 0.0611 e. The molecule has 1 fully saturated rings. The minimum atomic E-state index is -0.263. The molecule has 19 heavy (non-hydrogen) atoms. The Hall–Kier alpha value is -0.860. The summed E-state index contributed by atoms with van der Waals surface area (Å²) in [7, 11) is 0. The van der Waals surface area contributed by atoms with Crippen LogP contribution in [-0.4, -0.2) is 17.8 Å². The van der Waals surface area contributed by atoms with E-state index in [1.165, 1.54) is 18.4 Å². The van der Waals surface area contributed by atoms with Crippen LogP contribution in [0, 0.1) is 11.3 Å². The van der Waals surface area contributed by atoms with Gasteiger partial charge in [0.15, 0.2) is 0 Å². The molecule has 0 radical (unpaired) electrons. The molecule has 3 N–H and O–H groups in total. The topological polar surface area (TPSA) is 46.2 Å². The van der Waals surface area contributed by atoms with Gasteiger partial charge in [-0.05, 0) is 37.2 Å². The number of benzene rings is 1. The summed E-state index contributed by atoms with van der Waals surface area (Å²) in [5.74, 6) is 0.698. The zero-order valence-corrected chi connectivity index (χ0v) is 12.0. The largest absolute Gasteiger partial charge is 0.392 e. The predicted molar refractivity (Wildman–Crippen MR) is 79.9 cm³/mol. The van der Waals surface area contributed by atoms with Crippen LogP contribution in [0.1, 0.15) is 44.6 Å². The van der Waals surface area contributed by atoms with E-state index in [1.807, 2.05) is 6.07 Å². The van der Waals surface area contributed by atoms with E-state index in [4.69, 9.17) is 5.73 Å². The first-order valence-electron chi connectivity index (χ1n) is 7.58. The molecule has 2 rings (SSSR count). The van der Waals surface area contributed by atoms with Crippen LogP contribution in [0.4, 0.5) is 0 Å². The van der Waals surface area contributed by atoms with E-state index in [1.54, 1.807) is 0 Å². The van der Waals surface area contributed by atoms with Gasteiger partial charge in [-0.2, -0.15) is 0 Å². The first-order valence-corrected chi connectivity index (χ1v) is 7.58. The first kappa shape index (κ1) is 14.5. The lowest BCUT2D eigenvalue weighted by atomic mass is 9.66. The van der Waals surface area contributed by atoms with Gasteiger partial charge < -0.3 is 10.8 Å². The van der Waals surface area contributed by atoms with Gasteiger partial charge in [0.25, 0.3) is 0 Å². The van der Waals surface area contributed by atoms with Crippen LogP contribution in [0.25, 0.3) is 0 Å². The van der Waals surface area contributed by atoms with E-state index < -0.39 is 0 Å². The summed E-state index contributed by atoms with van der Waals surface area (Å²) in [5, 5.41) is 10.6. The maximum atomic E-state index is 10.6. The van der Waals surface area contributed by atoms with E-state index in [-0.39, 0.29) is 11.5 Å². The number of hydrogen-bond acceptors (Lipinski definition) is 2. The Morgan fingerprint density at radius 2 is 2.11 bits per heavy atom. The fraction of sp³-hybridized carbons (Fsp3) is 0.647. The van der Waals surface area contributed by atoms with Crippen molar-refractivity contribution in [2.75, 3.05) is 6.54 Å². The lowest BCUT2D eigenvalue weighted by Crippen LogP contribution is -2.45. The third-order valence-electron chi connectivity index (χ3n) is 4.79. The van der Waals surface area contributed by atoms with Crippen molar-refractivity contribution in [3.05, 3.63) is 35.9 Å². The molecule has 0 heterocycles. The molecular weight excluding hydrogens is 234 g/mol. The summed E-state index contributed by atoms with van der Waals surface area (Å²) < 4.78 is 0. The first-order chi connectivity index (χ1) is 9.16. The van der Waals surface area contributed by atoms with Crippen molar-refractivity contribution in [3.8, 4) is 0 Å². The maximum absolute atomic E-state index is 10.6. The molecule has 0 bridgehead atoms. The highest BCUT2D eigenvalue weighted by atomic mass is 16.3. The van der Waals surface area contributed by atoms with Crippen molar-refractivity contribution in [2.45, 2.75) is 51.6 Å². The van der Waals surface area contributed by atoms with E-state index in [0.29, 0.717) is 12.5 Å². The van der Waals surface area contributed by atoms with Gasteiger partial charge >= 0.3 is 0 Å². The zero-order chi connectivity index (χ0) is 13.7. The SMILES string of the molecule is CC1CCCC(CN)(C(O)CCc2ccccc2)C1. The molecule has 1 saturated carbocycles. The molecule has 1 aliphatic carbocycles. The average Bonchev–Trinajstić information content (AvgIpc) is 2.45. The average molecular weight is 261 g/mol. The maximum Gasteiger partial charge on any atom is 0.0611 e. The highest BCUT2D eigenvalue weighted by Crippen LogP contribution is 2.42. The van der Waals surface area contributed by atoms with Gasteiger partial charge in [-0.3, -0.25) is 0 Å². The van der Waals surface area contributed by atoms with Crippen molar-refractivity contribution < 1.29 is 5.11 Å². The van der Waals surface area contributed by atoms with Crippen molar-refractivity contribution >= 4 is 0 Å². The minimum Gasteiger partial charge on any atom is -0.392 e. The van der Waals surface area contributed by atoms with Crippen LogP contribution >= 0.6 is 0 Å². The Kier molecular flexibility index (Phi) is 5.00. The molecule has 0 aromatic heterocycles. The summed E-state index contributed by atoms with van der Waals surface area (Å²) in [4.78, 5) is 0. The van der Waals surface area contributed by atoms with Crippen LogP contribution in [0.2, 0.25) is 0 Å². The van der Waals surface area contributed by atoms with E-state index in [2.05, 4.69) is 31.2 Å². The third-order valence-corrected chi connectivity index (χ3v) is 4.79. The molecule has 3 atom stereocenters. The van der Waals surface area contributed by atoms with Crippen LogP contribution in [-0.2, 0) is 6.42 Å². The summed E-state index contributed by atoms with van der Waals surface area (Å²) in [6.45, 7) is 2.90. The van der Waals surface area contributed by atoms with Gasteiger partial charge in [0.1, 0.15) is 0 Å². The standard InChI is InChI=1S/C17H27NO/c1-14-6-5-11-17(12-14,13-18)16(19)10-9-15-7-3-2-4-8-15/h2-4,7-8,14,16,19H,5-6,9-13,18H2,1H3. The van der Waals surface area contributed by atoms with Crippen molar-refractivity contribution in [1.29, 1.82) is 0 Å². The number of nitrogens with two attached hydrogens (primary N) is 1. The lowest BCUT2D eigenvalue weighted by molar-refractivity contribution is -0.0157. The highest BCUT2D eigenvalue weighted by Gasteiger charge is 2.39. The van der Waals surface area contributed by atoms with Crippen molar-refractivity contribution in [2.24, 2.45) is 17.1 Å². The molecular formula is C17H27NO. The van der Waals surface area contributed by atoms with Gasteiger partial charge in [-0.15, -0.1) is 0 Å². The van der Waals surface area contributed by atoms with Crippen LogP contribution in [0.5, 0.6) is 0 Å². The number of aliphatic hydroxyl groups excluding tert-OH is 1. The fourth-order valence-electron chi connectivity index (χ4n) is 3.58. The molecule has 3 unspecified atom stereocenters. The summed E-state index contributed by atoms with van der Waals surface area (Å²) in [5.41, 5.74) is 7.28. The Morgan fingerprint density at radius 1 is 1.37 bits per heavy atom. The molecule has 1 aliphatic rings. The quantitative estimate of drug-likeness (QED) is 0.855. The second-order valence-corrected chi connectivity index (χ2v) is 6.31. The summed E-state index contributed by atoms with van der Waals surface area (Å²) >= 11 is 0. The van der Waals surface area contributed by atoms with Gasteiger partial charge in [-0.25, -0.2) is 0 Å². The highest BCUT2D eigenvalue weighted by molar-refractivity contribution is 5.15. The minimum absolute atomic E-state index is 0.0353. The molecule has 106 valence electrons. The third kappa shape index (κ3) is 3.58. The molecule has 0 aliphatic heterocycles. The van der Waals surface area contributed by atoms with Crippen molar-refractivity contribution in [1.82, 2.24) is 0 Å². The van der Waals surface area contributed by atoms with Gasteiger partial charge in [0.2, 0.25) is 0 Å². The van der Waals surface area contributed by atoms with Crippen LogP contribution < -0.4 is 5.73 Å². The Balaban J connectivity index is 1.95. The molecule has 1 aromatic rings. The molecule has 0 amide bonds. The summed E-state index contributed by atoms with van der Waals surface area (Å²) in [6.07, 6.45) is 6.17. The second kappa shape index (κ2) is 6.53. The van der Waals surface area contributed by atoms with Crippen molar-refractivity contribution in [3.63, 3.8) is 0 Å². The Bertz CT molecular complexity index is 378. The number of aryl methyl sites for hydroxylation is 1. The number of rotatable bonds is 5. The van der Waals surface area contributed by atoms with E-state index >= 15 is 0 Å². The molecule has 0 spiro atoms. The van der Waals surface area contributed by atoms with Gasteiger partial charge in [-0.1, -0.05) is 50.1 Å². The Morgan fingerprint density at radius 3 is 2.74 bits per heavy atom. The second-order valence-electron chi connectivity index (χ2n) is 6.31. The van der Waals surface area contributed by atoms with Crippen LogP contribution in [0.3, 0.4) is 0 Å². The Labute approximate surface area is 117 Å². The summed E-state index contributed by atoms with van der Waals surface area (Å²) in [6, 6.07) is 10.4. The molecule has 2 heteroatoms.